The van der Waals surface area contributed by atoms with E-state index in [2.05, 4.69) is 36.4 Å². The van der Waals surface area contributed by atoms with Gasteiger partial charge in [-0.1, -0.05) is 54.6 Å². The Balaban J connectivity index is 1.63. The van der Waals surface area contributed by atoms with Crippen LogP contribution in [0.1, 0.15) is 22.7 Å². The summed E-state index contributed by atoms with van der Waals surface area (Å²) in [6.45, 7) is -0.0664. The third-order valence-electron chi connectivity index (χ3n) is 3.92. The molecule has 0 aliphatic rings. The predicted octanol–water partition coefficient (Wildman–Crippen LogP) is 4.06. The first kappa shape index (κ1) is 16.2. The topological polar surface area (TPSA) is 55.5 Å². The van der Waals surface area contributed by atoms with E-state index in [-0.39, 0.29) is 12.6 Å². The van der Waals surface area contributed by atoms with Crippen molar-refractivity contribution in [1.82, 2.24) is 0 Å². The van der Waals surface area contributed by atoms with E-state index in [0.717, 1.165) is 23.5 Å². The first-order chi connectivity index (χ1) is 11.7. The minimum absolute atomic E-state index is 0.0664. The second-order valence-electron chi connectivity index (χ2n) is 5.77. The predicted molar refractivity (Wildman–Crippen MR) is 96.2 cm³/mol. The van der Waals surface area contributed by atoms with Gasteiger partial charge >= 0.3 is 0 Å². The Morgan fingerprint density at radius 3 is 1.88 bits per heavy atom. The van der Waals surface area contributed by atoms with Crippen molar-refractivity contribution in [1.29, 1.82) is 0 Å². The average molecular weight is 319 g/mol. The van der Waals surface area contributed by atoms with Crippen LogP contribution in [0.3, 0.4) is 0 Å². The highest BCUT2D eigenvalue weighted by Crippen LogP contribution is 2.24. The molecule has 122 valence electrons. The fourth-order valence-corrected chi connectivity index (χ4v) is 2.53. The minimum atomic E-state index is -0.351. The monoisotopic (exact) mass is 319 g/mol. The molecule has 0 heterocycles. The number of hydrogen-bond donors (Lipinski definition) is 2. The molecule has 3 aromatic carbocycles. The van der Waals surface area contributed by atoms with Crippen LogP contribution in [-0.2, 0) is 6.42 Å². The van der Waals surface area contributed by atoms with Gasteiger partial charge in [-0.05, 0) is 47.4 Å². The SMILES string of the molecule is NC(CO)c1ccc(Oc2ccc(Cc3ccccc3)cc2)cc1. The number of ether oxygens (including phenoxy) is 1. The molecule has 3 nitrogen and oxygen atoms in total. The van der Waals surface area contributed by atoms with E-state index >= 15 is 0 Å². The van der Waals surface area contributed by atoms with Crippen LogP contribution in [0.2, 0.25) is 0 Å². The van der Waals surface area contributed by atoms with Crippen LogP contribution in [0.5, 0.6) is 11.5 Å². The third-order valence-corrected chi connectivity index (χ3v) is 3.92. The van der Waals surface area contributed by atoms with Crippen molar-refractivity contribution in [3.63, 3.8) is 0 Å². The lowest BCUT2D eigenvalue weighted by Gasteiger charge is -2.10. The maximum absolute atomic E-state index is 9.07. The molecule has 3 heteroatoms. The molecule has 0 fully saturated rings. The first-order valence-corrected chi connectivity index (χ1v) is 8.02. The number of hydrogen-bond acceptors (Lipinski definition) is 3. The molecule has 24 heavy (non-hydrogen) atoms. The Kier molecular flexibility index (Phi) is 5.26. The van der Waals surface area contributed by atoms with Gasteiger partial charge in [-0.3, -0.25) is 0 Å². The maximum Gasteiger partial charge on any atom is 0.127 e. The smallest absolute Gasteiger partial charge is 0.127 e. The van der Waals surface area contributed by atoms with Gasteiger partial charge in [-0.2, -0.15) is 0 Å². The fraction of sp³-hybridized carbons (Fsp3) is 0.143. The molecule has 0 amide bonds. The maximum atomic E-state index is 9.07. The third kappa shape index (κ3) is 4.22. The Hall–Kier alpha value is -2.62. The van der Waals surface area contributed by atoms with E-state index in [0.29, 0.717) is 0 Å². The summed E-state index contributed by atoms with van der Waals surface area (Å²) in [5, 5.41) is 9.07. The quantitative estimate of drug-likeness (QED) is 0.720. The van der Waals surface area contributed by atoms with Crippen molar-refractivity contribution in [3.8, 4) is 11.5 Å². The molecule has 3 rings (SSSR count). The number of aliphatic hydroxyl groups is 1. The van der Waals surface area contributed by atoms with Crippen molar-refractivity contribution in [2.45, 2.75) is 12.5 Å². The molecular formula is C21H21NO2. The molecule has 0 aliphatic heterocycles. The van der Waals surface area contributed by atoms with Crippen LogP contribution in [0, 0.1) is 0 Å². The van der Waals surface area contributed by atoms with Crippen molar-refractivity contribution >= 4 is 0 Å². The number of nitrogens with two attached hydrogens (primary N) is 1. The highest BCUT2D eigenvalue weighted by Gasteiger charge is 2.05. The Morgan fingerprint density at radius 1 is 0.750 bits per heavy atom. The van der Waals surface area contributed by atoms with E-state index < -0.39 is 0 Å². The lowest BCUT2D eigenvalue weighted by molar-refractivity contribution is 0.268. The van der Waals surface area contributed by atoms with E-state index in [1.165, 1.54) is 11.1 Å². The summed E-state index contributed by atoms with van der Waals surface area (Å²) in [5.74, 6) is 1.55. The molecule has 0 bridgehead atoms. The van der Waals surface area contributed by atoms with Crippen molar-refractivity contribution < 1.29 is 9.84 Å². The van der Waals surface area contributed by atoms with Gasteiger partial charge in [0.2, 0.25) is 0 Å². The van der Waals surface area contributed by atoms with Crippen LogP contribution in [0.25, 0.3) is 0 Å². The minimum Gasteiger partial charge on any atom is -0.457 e. The second-order valence-corrected chi connectivity index (χ2v) is 5.77. The van der Waals surface area contributed by atoms with Crippen molar-refractivity contribution in [2.75, 3.05) is 6.61 Å². The van der Waals surface area contributed by atoms with Crippen LogP contribution < -0.4 is 10.5 Å². The zero-order chi connectivity index (χ0) is 16.8. The van der Waals surface area contributed by atoms with Crippen molar-refractivity contribution in [3.05, 3.63) is 95.6 Å². The normalized spacial score (nSPS) is 11.9. The molecule has 0 saturated heterocycles. The van der Waals surface area contributed by atoms with E-state index in [4.69, 9.17) is 15.6 Å². The molecule has 1 unspecified atom stereocenters. The van der Waals surface area contributed by atoms with Gasteiger partial charge in [0, 0.05) is 0 Å². The van der Waals surface area contributed by atoms with E-state index in [1.807, 2.05) is 42.5 Å². The molecule has 0 aromatic heterocycles. The highest BCUT2D eigenvalue weighted by atomic mass is 16.5. The summed E-state index contributed by atoms with van der Waals surface area (Å²) < 4.78 is 5.85. The molecule has 3 aromatic rings. The second kappa shape index (κ2) is 7.77. The lowest BCUT2D eigenvalue weighted by atomic mass is 10.1. The first-order valence-electron chi connectivity index (χ1n) is 8.02. The van der Waals surface area contributed by atoms with Crippen LogP contribution >= 0.6 is 0 Å². The molecule has 0 spiro atoms. The Bertz CT molecular complexity index is 752. The zero-order valence-electron chi connectivity index (χ0n) is 13.4. The summed E-state index contributed by atoms with van der Waals surface area (Å²) in [7, 11) is 0. The number of aliphatic hydroxyl groups excluding tert-OH is 1. The largest absolute Gasteiger partial charge is 0.457 e. The summed E-state index contributed by atoms with van der Waals surface area (Å²) in [5.41, 5.74) is 9.22. The van der Waals surface area contributed by atoms with Gasteiger partial charge in [0.15, 0.2) is 0 Å². The molecular weight excluding hydrogens is 298 g/mol. The Labute approximate surface area is 142 Å². The van der Waals surface area contributed by atoms with Crippen molar-refractivity contribution in [2.24, 2.45) is 5.73 Å². The van der Waals surface area contributed by atoms with Crippen LogP contribution in [-0.4, -0.2) is 11.7 Å². The number of rotatable bonds is 6. The van der Waals surface area contributed by atoms with Crippen LogP contribution in [0.15, 0.2) is 78.9 Å². The van der Waals surface area contributed by atoms with Gasteiger partial charge in [0.1, 0.15) is 11.5 Å². The van der Waals surface area contributed by atoms with E-state index in [9.17, 15) is 0 Å². The average Bonchev–Trinajstić information content (AvgIpc) is 2.64. The van der Waals surface area contributed by atoms with Gasteiger partial charge in [-0.25, -0.2) is 0 Å². The summed E-state index contributed by atoms with van der Waals surface area (Å²) in [4.78, 5) is 0. The van der Waals surface area contributed by atoms with Crippen LogP contribution in [0.4, 0.5) is 0 Å². The molecule has 3 N–H and O–H groups in total. The fourth-order valence-electron chi connectivity index (χ4n) is 2.53. The lowest BCUT2D eigenvalue weighted by Crippen LogP contribution is -2.14. The van der Waals surface area contributed by atoms with Gasteiger partial charge < -0.3 is 15.6 Å². The summed E-state index contributed by atoms with van der Waals surface area (Å²) in [6, 6.07) is 25.6. The zero-order valence-corrected chi connectivity index (χ0v) is 13.4. The van der Waals surface area contributed by atoms with E-state index in [1.54, 1.807) is 0 Å². The molecule has 1 atom stereocenters. The Morgan fingerprint density at radius 2 is 1.29 bits per heavy atom. The highest BCUT2D eigenvalue weighted by molar-refractivity contribution is 5.36. The van der Waals surface area contributed by atoms with Gasteiger partial charge in [-0.15, -0.1) is 0 Å². The number of benzene rings is 3. The molecule has 0 aliphatic carbocycles. The summed E-state index contributed by atoms with van der Waals surface area (Å²) >= 11 is 0. The molecule has 0 radical (unpaired) electrons. The summed E-state index contributed by atoms with van der Waals surface area (Å²) in [6.07, 6.45) is 0.912. The standard InChI is InChI=1S/C21H21NO2/c22-21(15-23)18-8-12-20(13-9-18)24-19-10-6-17(7-11-19)14-16-4-2-1-3-5-16/h1-13,21,23H,14-15,22H2. The van der Waals surface area contributed by atoms with Gasteiger partial charge in [0.25, 0.3) is 0 Å². The van der Waals surface area contributed by atoms with Gasteiger partial charge in [0.05, 0.1) is 12.6 Å². The molecule has 0 saturated carbocycles.